The summed E-state index contributed by atoms with van der Waals surface area (Å²) in [6.07, 6.45) is 1.02. The number of aryl methyl sites for hydroxylation is 1. The van der Waals surface area contributed by atoms with Crippen molar-refractivity contribution in [1.82, 2.24) is 9.80 Å². The lowest BCUT2D eigenvalue weighted by Gasteiger charge is -2.24. The predicted octanol–water partition coefficient (Wildman–Crippen LogP) is 3.95. The Labute approximate surface area is 137 Å². The number of benzene rings is 1. The summed E-state index contributed by atoms with van der Waals surface area (Å²) in [5.74, 6) is 0.123. The van der Waals surface area contributed by atoms with Crippen LogP contribution in [0.2, 0.25) is 0 Å². The fourth-order valence-electron chi connectivity index (χ4n) is 2.34. The number of amides is 1. The van der Waals surface area contributed by atoms with Crippen LogP contribution >= 0.6 is 15.9 Å². The second-order valence-electron chi connectivity index (χ2n) is 5.23. The van der Waals surface area contributed by atoms with Gasteiger partial charge in [-0.05, 0) is 57.6 Å². The molecule has 0 saturated heterocycles. The van der Waals surface area contributed by atoms with Crippen LogP contribution in [0.3, 0.4) is 0 Å². The Morgan fingerprint density at radius 2 is 1.76 bits per heavy atom. The lowest BCUT2D eigenvalue weighted by molar-refractivity contribution is 0.0757. The molecule has 1 aromatic carbocycles. The molecule has 0 aliphatic rings. The summed E-state index contributed by atoms with van der Waals surface area (Å²) < 4.78 is 0.993. The van der Waals surface area contributed by atoms with Crippen LogP contribution in [0, 0.1) is 6.92 Å². The van der Waals surface area contributed by atoms with E-state index in [9.17, 15) is 4.79 Å². The molecule has 0 fully saturated rings. The first-order valence-corrected chi connectivity index (χ1v) is 8.60. The zero-order valence-corrected chi connectivity index (χ0v) is 15.2. The predicted molar refractivity (Wildman–Crippen MR) is 92.9 cm³/mol. The standard InChI is InChI=1S/C17H27BrN2O/c1-5-19(6-2)11-8-12-20(7-3)17(21)15-10-9-14(4)16(18)13-15/h9-10,13H,5-8,11-12H2,1-4H3. The fraction of sp³-hybridized carbons (Fsp3) is 0.588. The van der Waals surface area contributed by atoms with Gasteiger partial charge in [0.2, 0.25) is 0 Å². The second kappa shape index (κ2) is 9.21. The number of rotatable bonds is 8. The Hall–Kier alpha value is -0.870. The number of carbonyl (C=O) groups excluding carboxylic acids is 1. The van der Waals surface area contributed by atoms with Crippen LogP contribution in [-0.4, -0.2) is 48.4 Å². The van der Waals surface area contributed by atoms with Crippen LogP contribution in [0.5, 0.6) is 0 Å². The van der Waals surface area contributed by atoms with Crippen LogP contribution in [-0.2, 0) is 0 Å². The molecule has 118 valence electrons. The minimum atomic E-state index is 0.123. The molecule has 3 nitrogen and oxygen atoms in total. The van der Waals surface area contributed by atoms with Gasteiger partial charge in [-0.1, -0.05) is 35.8 Å². The summed E-state index contributed by atoms with van der Waals surface area (Å²) in [4.78, 5) is 16.9. The molecule has 0 aliphatic carbocycles. The van der Waals surface area contributed by atoms with Crippen molar-refractivity contribution in [3.05, 3.63) is 33.8 Å². The number of hydrogen-bond donors (Lipinski definition) is 0. The average Bonchev–Trinajstić information content (AvgIpc) is 2.50. The van der Waals surface area contributed by atoms with Crippen molar-refractivity contribution >= 4 is 21.8 Å². The van der Waals surface area contributed by atoms with Gasteiger partial charge in [-0.2, -0.15) is 0 Å². The van der Waals surface area contributed by atoms with Crippen molar-refractivity contribution in [2.24, 2.45) is 0 Å². The van der Waals surface area contributed by atoms with E-state index in [0.717, 1.165) is 54.7 Å². The van der Waals surface area contributed by atoms with E-state index < -0.39 is 0 Å². The van der Waals surface area contributed by atoms with Crippen LogP contribution in [0.15, 0.2) is 22.7 Å². The third-order valence-corrected chi connectivity index (χ3v) is 4.74. The van der Waals surface area contributed by atoms with Gasteiger partial charge in [0.25, 0.3) is 5.91 Å². The van der Waals surface area contributed by atoms with Crippen molar-refractivity contribution in [1.29, 1.82) is 0 Å². The van der Waals surface area contributed by atoms with Crippen molar-refractivity contribution < 1.29 is 4.79 Å². The third kappa shape index (κ3) is 5.44. The molecule has 0 spiro atoms. The van der Waals surface area contributed by atoms with Gasteiger partial charge in [-0.25, -0.2) is 0 Å². The van der Waals surface area contributed by atoms with E-state index in [0.29, 0.717) is 0 Å². The van der Waals surface area contributed by atoms with E-state index >= 15 is 0 Å². The highest BCUT2D eigenvalue weighted by atomic mass is 79.9. The third-order valence-electron chi connectivity index (χ3n) is 3.88. The molecular weight excluding hydrogens is 328 g/mol. The fourth-order valence-corrected chi connectivity index (χ4v) is 2.72. The quantitative estimate of drug-likeness (QED) is 0.705. The highest BCUT2D eigenvalue weighted by molar-refractivity contribution is 9.10. The molecule has 0 aliphatic heterocycles. The maximum absolute atomic E-state index is 12.5. The Kier molecular flexibility index (Phi) is 7.97. The largest absolute Gasteiger partial charge is 0.339 e. The minimum Gasteiger partial charge on any atom is -0.339 e. The van der Waals surface area contributed by atoms with E-state index in [1.165, 1.54) is 0 Å². The first kappa shape index (κ1) is 18.2. The molecule has 0 heterocycles. The summed E-state index contributed by atoms with van der Waals surface area (Å²) in [5, 5.41) is 0. The smallest absolute Gasteiger partial charge is 0.253 e. The van der Waals surface area contributed by atoms with Gasteiger partial charge in [-0.15, -0.1) is 0 Å². The van der Waals surface area contributed by atoms with Gasteiger partial charge in [0.15, 0.2) is 0 Å². The van der Waals surface area contributed by atoms with Crippen LogP contribution in [0.25, 0.3) is 0 Å². The Bertz CT molecular complexity index is 458. The van der Waals surface area contributed by atoms with Crippen molar-refractivity contribution in [3.8, 4) is 0 Å². The van der Waals surface area contributed by atoms with E-state index in [1.54, 1.807) is 0 Å². The van der Waals surface area contributed by atoms with Crippen LogP contribution in [0.4, 0.5) is 0 Å². The Morgan fingerprint density at radius 3 is 2.29 bits per heavy atom. The van der Waals surface area contributed by atoms with Crippen LogP contribution < -0.4 is 0 Å². The molecule has 1 amide bonds. The summed E-state index contributed by atoms with van der Waals surface area (Å²) in [7, 11) is 0. The molecule has 0 aromatic heterocycles. The molecule has 0 saturated carbocycles. The Balaban J connectivity index is 2.62. The molecule has 0 unspecified atom stereocenters. The van der Waals surface area contributed by atoms with E-state index in [-0.39, 0.29) is 5.91 Å². The zero-order chi connectivity index (χ0) is 15.8. The summed E-state index contributed by atoms with van der Waals surface area (Å²) in [6, 6.07) is 5.82. The minimum absolute atomic E-state index is 0.123. The SMILES string of the molecule is CCN(CC)CCCN(CC)C(=O)c1ccc(C)c(Br)c1. The Morgan fingerprint density at radius 1 is 1.10 bits per heavy atom. The highest BCUT2D eigenvalue weighted by Crippen LogP contribution is 2.18. The zero-order valence-electron chi connectivity index (χ0n) is 13.7. The first-order valence-electron chi connectivity index (χ1n) is 7.81. The molecule has 4 heteroatoms. The molecule has 0 atom stereocenters. The van der Waals surface area contributed by atoms with E-state index in [4.69, 9.17) is 0 Å². The summed E-state index contributed by atoms with van der Waals surface area (Å²) >= 11 is 3.50. The van der Waals surface area contributed by atoms with Gasteiger partial charge < -0.3 is 9.80 Å². The van der Waals surface area contributed by atoms with Gasteiger partial charge in [-0.3, -0.25) is 4.79 Å². The second-order valence-corrected chi connectivity index (χ2v) is 6.08. The van der Waals surface area contributed by atoms with Crippen molar-refractivity contribution in [2.75, 3.05) is 32.7 Å². The summed E-state index contributed by atoms with van der Waals surface area (Å²) in [5.41, 5.74) is 1.91. The van der Waals surface area contributed by atoms with Gasteiger partial charge >= 0.3 is 0 Å². The van der Waals surface area contributed by atoms with Gasteiger partial charge in [0, 0.05) is 23.1 Å². The first-order chi connectivity index (χ1) is 10.0. The summed E-state index contributed by atoms with van der Waals surface area (Å²) in [6.45, 7) is 13.2. The molecule has 0 N–H and O–H groups in total. The maximum atomic E-state index is 12.5. The van der Waals surface area contributed by atoms with E-state index in [1.807, 2.05) is 36.9 Å². The lowest BCUT2D eigenvalue weighted by atomic mass is 10.1. The molecule has 21 heavy (non-hydrogen) atoms. The normalized spacial score (nSPS) is 11.0. The topological polar surface area (TPSA) is 23.6 Å². The number of carbonyl (C=O) groups is 1. The van der Waals surface area contributed by atoms with Gasteiger partial charge in [0.1, 0.15) is 0 Å². The maximum Gasteiger partial charge on any atom is 0.253 e. The average molecular weight is 355 g/mol. The van der Waals surface area contributed by atoms with Crippen LogP contribution in [0.1, 0.15) is 43.1 Å². The lowest BCUT2D eigenvalue weighted by Crippen LogP contribution is -2.34. The molecule has 0 bridgehead atoms. The number of nitrogens with zero attached hydrogens (tertiary/aromatic N) is 2. The number of hydrogen-bond acceptors (Lipinski definition) is 2. The molecule has 1 rings (SSSR count). The van der Waals surface area contributed by atoms with Gasteiger partial charge in [0.05, 0.1) is 0 Å². The number of halogens is 1. The highest BCUT2D eigenvalue weighted by Gasteiger charge is 2.14. The molecule has 0 radical (unpaired) electrons. The van der Waals surface area contributed by atoms with Crippen molar-refractivity contribution in [3.63, 3.8) is 0 Å². The van der Waals surface area contributed by atoms with Crippen molar-refractivity contribution in [2.45, 2.75) is 34.1 Å². The monoisotopic (exact) mass is 354 g/mol. The van der Waals surface area contributed by atoms with E-state index in [2.05, 4.69) is 34.7 Å². The molecular formula is C17H27BrN2O. The molecule has 1 aromatic rings.